The standard InChI is InChI=1S/C27H29F2N5O2/c1-2-16-11-19(28)5-6-22(16)36-15-24(35)34-9-7-21-26(33-10-8-30-14-23(33)32-21)27(34)25-20(29)12-18(13-31-25)17-3-4-17/h5-6,11-13,17,27,30H,2-4,7-10,14-15H2,1H3. The van der Waals surface area contributed by atoms with Crippen LogP contribution in [0, 0.1) is 11.6 Å². The fourth-order valence-corrected chi connectivity index (χ4v) is 5.37. The zero-order valence-corrected chi connectivity index (χ0v) is 20.3. The van der Waals surface area contributed by atoms with Crippen LogP contribution in [0.15, 0.2) is 30.5 Å². The number of hydrogen-bond donors (Lipinski definition) is 1. The first-order valence-electron chi connectivity index (χ1n) is 12.7. The molecule has 0 radical (unpaired) electrons. The molecule has 3 aliphatic rings. The molecule has 1 atom stereocenters. The summed E-state index contributed by atoms with van der Waals surface area (Å²) in [6.45, 7) is 4.18. The molecule has 9 heteroatoms. The highest BCUT2D eigenvalue weighted by Crippen LogP contribution is 2.42. The summed E-state index contributed by atoms with van der Waals surface area (Å²) < 4.78 is 37.2. The topological polar surface area (TPSA) is 72.3 Å². The zero-order valence-electron chi connectivity index (χ0n) is 20.3. The number of halogens is 2. The molecule has 6 rings (SSSR count). The quantitative estimate of drug-likeness (QED) is 0.568. The van der Waals surface area contributed by atoms with Crippen LogP contribution in [0.1, 0.15) is 65.8 Å². The normalized spacial score (nSPS) is 19.1. The molecule has 7 nitrogen and oxygen atoms in total. The minimum absolute atomic E-state index is 0.227. The molecule has 0 bridgehead atoms. The molecule has 1 aromatic carbocycles. The third kappa shape index (κ3) is 4.15. The molecule has 1 aliphatic carbocycles. The van der Waals surface area contributed by atoms with Crippen LogP contribution in [0.4, 0.5) is 8.78 Å². The van der Waals surface area contributed by atoms with Gasteiger partial charge in [0.05, 0.1) is 17.9 Å². The van der Waals surface area contributed by atoms with Crippen molar-refractivity contribution in [3.8, 4) is 5.75 Å². The van der Waals surface area contributed by atoms with Gasteiger partial charge in [-0.15, -0.1) is 0 Å². The van der Waals surface area contributed by atoms with Gasteiger partial charge < -0.3 is 19.5 Å². The Morgan fingerprint density at radius 2 is 2.08 bits per heavy atom. The average Bonchev–Trinajstić information content (AvgIpc) is 3.67. The first-order valence-corrected chi connectivity index (χ1v) is 12.7. The summed E-state index contributed by atoms with van der Waals surface area (Å²) in [6, 6.07) is 5.18. The van der Waals surface area contributed by atoms with Gasteiger partial charge in [-0.1, -0.05) is 6.92 Å². The number of benzene rings is 1. The van der Waals surface area contributed by atoms with Crippen molar-refractivity contribution in [2.45, 2.75) is 57.7 Å². The second-order valence-electron chi connectivity index (χ2n) is 9.73. The predicted octanol–water partition coefficient (Wildman–Crippen LogP) is 3.65. The Balaban J connectivity index is 1.35. The molecule has 1 fully saturated rings. The number of amides is 1. The van der Waals surface area contributed by atoms with E-state index in [0.717, 1.165) is 42.2 Å². The molecular weight excluding hydrogens is 464 g/mol. The SMILES string of the molecule is CCc1cc(F)ccc1OCC(=O)N1CCc2nc3n(c2C1c1ncc(C2CC2)cc1F)CCNC3. The molecule has 1 amide bonds. The number of pyridine rings is 1. The Labute approximate surface area is 208 Å². The molecule has 4 heterocycles. The molecule has 3 aromatic rings. The van der Waals surface area contributed by atoms with Gasteiger partial charge in [0.25, 0.3) is 5.91 Å². The van der Waals surface area contributed by atoms with E-state index in [4.69, 9.17) is 9.72 Å². The lowest BCUT2D eigenvalue weighted by Gasteiger charge is -2.36. The Hall–Kier alpha value is -3.33. The number of carbonyl (C=O) groups is 1. The van der Waals surface area contributed by atoms with Crippen LogP contribution in [-0.2, 0) is 30.7 Å². The van der Waals surface area contributed by atoms with Crippen LogP contribution in [-0.4, -0.2) is 45.0 Å². The number of aryl methyl sites for hydroxylation is 1. The Morgan fingerprint density at radius 3 is 2.86 bits per heavy atom. The summed E-state index contributed by atoms with van der Waals surface area (Å²) in [7, 11) is 0. The minimum atomic E-state index is -0.684. The number of nitrogens with one attached hydrogen (secondary N) is 1. The lowest BCUT2D eigenvalue weighted by atomic mass is 9.97. The van der Waals surface area contributed by atoms with Crippen molar-refractivity contribution < 1.29 is 18.3 Å². The van der Waals surface area contributed by atoms with E-state index in [1.54, 1.807) is 23.2 Å². The van der Waals surface area contributed by atoms with Crippen molar-refractivity contribution in [1.29, 1.82) is 0 Å². The maximum absolute atomic E-state index is 15.6. The van der Waals surface area contributed by atoms with Crippen molar-refractivity contribution >= 4 is 5.91 Å². The second kappa shape index (κ2) is 9.28. The lowest BCUT2D eigenvalue weighted by Crippen LogP contribution is -2.44. The Kier molecular flexibility index (Phi) is 5.95. The smallest absolute Gasteiger partial charge is 0.261 e. The summed E-state index contributed by atoms with van der Waals surface area (Å²) in [5.74, 6) is 0.751. The molecule has 1 N–H and O–H groups in total. The number of fused-ring (bicyclic) bond motifs is 3. The highest BCUT2D eigenvalue weighted by Gasteiger charge is 2.40. The number of carbonyl (C=O) groups excluding carboxylic acids is 1. The molecule has 188 valence electrons. The van der Waals surface area contributed by atoms with E-state index in [0.29, 0.717) is 49.7 Å². The van der Waals surface area contributed by atoms with E-state index < -0.39 is 11.9 Å². The number of aromatic nitrogens is 3. The van der Waals surface area contributed by atoms with Gasteiger partial charge in [-0.3, -0.25) is 9.78 Å². The van der Waals surface area contributed by atoms with Crippen molar-refractivity contribution in [3.63, 3.8) is 0 Å². The fourth-order valence-electron chi connectivity index (χ4n) is 5.37. The number of rotatable bonds is 6. The molecule has 1 saturated carbocycles. The van der Waals surface area contributed by atoms with Crippen molar-refractivity contribution in [1.82, 2.24) is 24.8 Å². The largest absolute Gasteiger partial charge is 0.483 e. The maximum atomic E-state index is 15.6. The van der Waals surface area contributed by atoms with Crippen molar-refractivity contribution in [2.75, 3.05) is 19.7 Å². The highest BCUT2D eigenvalue weighted by atomic mass is 19.1. The van der Waals surface area contributed by atoms with Crippen LogP contribution >= 0.6 is 0 Å². The van der Waals surface area contributed by atoms with Gasteiger partial charge in [-0.05, 0) is 60.6 Å². The first kappa shape index (κ1) is 23.1. The van der Waals surface area contributed by atoms with Gasteiger partial charge >= 0.3 is 0 Å². The fraction of sp³-hybridized carbons (Fsp3) is 0.444. The number of imidazole rings is 1. The van der Waals surface area contributed by atoms with Crippen molar-refractivity contribution in [2.24, 2.45) is 0 Å². The third-order valence-corrected chi connectivity index (χ3v) is 7.39. The summed E-state index contributed by atoms with van der Waals surface area (Å²) in [5.41, 5.74) is 3.58. The van der Waals surface area contributed by atoms with Crippen LogP contribution < -0.4 is 10.1 Å². The van der Waals surface area contributed by atoms with Gasteiger partial charge in [0.15, 0.2) is 6.61 Å². The van der Waals surface area contributed by atoms with Gasteiger partial charge in [0.1, 0.15) is 34.9 Å². The molecule has 2 aliphatic heterocycles. The molecule has 2 aromatic heterocycles. The van der Waals surface area contributed by atoms with E-state index in [9.17, 15) is 9.18 Å². The molecule has 36 heavy (non-hydrogen) atoms. The minimum Gasteiger partial charge on any atom is -0.483 e. The van der Waals surface area contributed by atoms with E-state index >= 15 is 4.39 Å². The molecule has 1 unspecified atom stereocenters. The van der Waals surface area contributed by atoms with Crippen LogP contribution in [0.5, 0.6) is 5.75 Å². The highest BCUT2D eigenvalue weighted by molar-refractivity contribution is 5.79. The van der Waals surface area contributed by atoms with Gasteiger partial charge in [-0.2, -0.15) is 0 Å². The molecular formula is C27H29F2N5O2. The van der Waals surface area contributed by atoms with Gasteiger partial charge in [0, 0.05) is 32.3 Å². The Bertz CT molecular complexity index is 1320. The summed E-state index contributed by atoms with van der Waals surface area (Å²) in [6.07, 6.45) is 5.03. The number of hydrogen-bond acceptors (Lipinski definition) is 5. The first-order chi connectivity index (χ1) is 17.5. The lowest BCUT2D eigenvalue weighted by molar-refractivity contribution is -0.135. The van der Waals surface area contributed by atoms with Crippen LogP contribution in [0.3, 0.4) is 0 Å². The van der Waals surface area contributed by atoms with E-state index in [2.05, 4.69) is 14.9 Å². The van der Waals surface area contributed by atoms with E-state index in [1.807, 2.05) is 6.92 Å². The second-order valence-corrected chi connectivity index (χ2v) is 9.73. The zero-order chi connectivity index (χ0) is 24.8. The summed E-state index contributed by atoms with van der Waals surface area (Å²) in [5, 5.41) is 3.33. The molecule has 0 saturated heterocycles. The predicted molar refractivity (Wildman–Crippen MR) is 129 cm³/mol. The number of ether oxygens (including phenoxy) is 1. The Morgan fingerprint density at radius 1 is 1.22 bits per heavy atom. The summed E-state index contributed by atoms with van der Waals surface area (Å²) >= 11 is 0. The van der Waals surface area contributed by atoms with E-state index in [-0.39, 0.29) is 24.0 Å². The number of nitrogens with zero attached hydrogens (tertiary/aromatic N) is 4. The van der Waals surface area contributed by atoms with Gasteiger partial charge in [-0.25, -0.2) is 13.8 Å². The average molecular weight is 494 g/mol. The maximum Gasteiger partial charge on any atom is 0.261 e. The van der Waals surface area contributed by atoms with Gasteiger partial charge in [0.2, 0.25) is 0 Å². The van der Waals surface area contributed by atoms with Crippen molar-refractivity contribution in [3.05, 3.63) is 76.1 Å². The summed E-state index contributed by atoms with van der Waals surface area (Å²) in [4.78, 5) is 24.6. The van der Waals surface area contributed by atoms with E-state index in [1.165, 1.54) is 12.1 Å². The molecule has 0 spiro atoms. The van der Waals surface area contributed by atoms with Crippen LogP contribution in [0.2, 0.25) is 0 Å². The van der Waals surface area contributed by atoms with Crippen LogP contribution in [0.25, 0.3) is 0 Å². The third-order valence-electron chi connectivity index (χ3n) is 7.39. The monoisotopic (exact) mass is 493 g/mol.